The minimum Gasteiger partial charge on any atom is -0.497 e. The molecule has 9 heteroatoms. The van der Waals surface area contributed by atoms with Gasteiger partial charge in [0.2, 0.25) is 0 Å². The molecule has 168 valence electrons. The number of benzene rings is 2. The van der Waals surface area contributed by atoms with Crippen LogP contribution in [0.15, 0.2) is 76.3 Å². The Bertz CT molecular complexity index is 1250. The third-order valence-electron chi connectivity index (χ3n) is 4.83. The maximum Gasteiger partial charge on any atom is 0.250 e. The summed E-state index contributed by atoms with van der Waals surface area (Å²) >= 11 is 2.89. The van der Waals surface area contributed by atoms with Crippen molar-refractivity contribution in [2.24, 2.45) is 5.10 Å². The molecule has 1 N–H and O–H groups in total. The van der Waals surface area contributed by atoms with Gasteiger partial charge in [0, 0.05) is 16.1 Å². The Balaban J connectivity index is 1.56. The summed E-state index contributed by atoms with van der Waals surface area (Å²) < 4.78 is 7.23. The van der Waals surface area contributed by atoms with Gasteiger partial charge in [0.15, 0.2) is 11.0 Å². The van der Waals surface area contributed by atoms with E-state index in [-0.39, 0.29) is 11.7 Å². The number of methoxy groups -OCH3 is 1. The van der Waals surface area contributed by atoms with Crippen LogP contribution in [-0.4, -0.2) is 39.2 Å². The van der Waals surface area contributed by atoms with Crippen molar-refractivity contribution in [3.63, 3.8) is 0 Å². The predicted octanol–water partition coefficient (Wildman–Crippen LogP) is 4.95. The summed E-state index contributed by atoms with van der Waals surface area (Å²) in [6, 6.07) is 19.7. The van der Waals surface area contributed by atoms with E-state index < -0.39 is 0 Å². The SMILES string of the molecule is COc1ccc(-n2c(SCC(=O)N/N=C(\C)c3cccs3)nnc2-c2ccc(C)cc2)cc1. The number of hydrogen-bond acceptors (Lipinski definition) is 7. The number of nitrogens with one attached hydrogen (secondary N) is 1. The van der Waals surface area contributed by atoms with Crippen LogP contribution in [-0.2, 0) is 4.79 Å². The lowest BCUT2D eigenvalue weighted by molar-refractivity contribution is -0.118. The number of rotatable bonds is 8. The molecule has 0 aliphatic heterocycles. The molecule has 0 spiro atoms. The fraction of sp³-hybridized carbons (Fsp3) is 0.167. The molecule has 0 radical (unpaired) electrons. The second-order valence-corrected chi connectivity index (χ2v) is 9.09. The first-order valence-corrected chi connectivity index (χ1v) is 12.1. The summed E-state index contributed by atoms with van der Waals surface area (Å²) in [4.78, 5) is 13.4. The molecule has 4 rings (SSSR count). The Morgan fingerprint density at radius 2 is 1.88 bits per heavy atom. The minimum atomic E-state index is -0.211. The van der Waals surface area contributed by atoms with Crippen molar-refractivity contribution in [2.75, 3.05) is 12.9 Å². The number of nitrogens with zero attached hydrogens (tertiary/aromatic N) is 4. The van der Waals surface area contributed by atoms with Crippen LogP contribution in [0.5, 0.6) is 5.75 Å². The standard InChI is InChI=1S/C24H23N5O2S2/c1-16-6-8-18(9-7-16)23-27-28-24(29(23)19-10-12-20(31-3)13-11-19)33-15-22(30)26-25-17(2)21-5-4-14-32-21/h4-14H,15H2,1-3H3,(H,26,30)/b25-17+. The summed E-state index contributed by atoms with van der Waals surface area (Å²) in [6.07, 6.45) is 0. The lowest BCUT2D eigenvalue weighted by Gasteiger charge is -2.11. The number of hydrogen-bond donors (Lipinski definition) is 1. The minimum absolute atomic E-state index is 0.156. The quantitative estimate of drug-likeness (QED) is 0.221. The van der Waals surface area contributed by atoms with Gasteiger partial charge in [0.05, 0.1) is 18.6 Å². The molecule has 0 saturated heterocycles. The van der Waals surface area contributed by atoms with E-state index >= 15 is 0 Å². The molecule has 2 aromatic heterocycles. The topological polar surface area (TPSA) is 81.4 Å². The van der Waals surface area contributed by atoms with Gasteiger partial charge in [0.25, 0.3) is 5.91 Å². The number of aryl methyl sites for hydroxylation is 1. The number of carbonyl (C=O) groups excluding carboxylic acids is 1. The fourth-order valence-corrected chi connectivity index (χ4v) is 4.49. The largest absolute Gasteiger partial charge is 0.497 e. The summed E-state index contributed by atoms with van der Waals surface area (Å²) in [7, 11) is 1.63. The second-order valence-electron chi connectivity index (χ2n) is 7.20. The van der Waals surface area contributed by atoms with Gasteiger partial charge in [-0.2, -0.15) is 5.10 Å². The molecule has 2 aromatic carbocycles. The second kappa shape index (κ2) is 10.5. The number of amides is 1. The summed E-state index contributed by atoms with van der Waals surface area (Å²) in [5.74, 6) is 1.41. The van der Waals surface area contributed by atoms with Crippen molar-refractivity contribution in [1.82, 2.24) is 20.2 Å². The fourth-order valence-electron chi connectivity index (χ4n) is 3.07. The van der Waals surface area contributed by atoms with Crippen LogP contribution in [0.3, 0.4) is 0 Å². The first-order chi connectivity index (χ1) is 16.0. The Hall–Kier alpha value is -3.43. The highest BCUT2D eigenvalue weighted by Crippen LogP contribution is 2.29. The summed E-state index contributed by atoms with van der Waals surface area (Å²) in [5.41, 5.74) is 6.38. The monoisotopic (exact) mass is 477 g/mol. The Labute approximate surface area is 200 Å². The Kier molecular flexibility index (Phi) is 7.21. The molecule has 0 aliphatic carbocycles. The molecule has 2 heterocycles. The number of thiophene rings is 1. The molecule has 1 amide bonds. The van der Waals surface area contributed by atoms with Gasteiger partial charge >= 0.3 is 0 Å². The van der Waals surface area contributed by atoms with Crippen molar-refractivity contribution < 1.29 is 9.53 Å². The smallest absolute Gasteiger partial charge is 0.250 e. The molecule has 0 unspecified atom stereocenters. The highest BCUT2D eigenvalue weighted by molar-refractivity contribution is 7.99. The van der Waals surface area contributed by atoms with E-state index in [2.05, 4.69) is 20.7 Å². The molecule has 0 atom stereocenters. The molecule has 0 fully saturated rings. The Morgan fingerprint density at radius 3 is 2.55 bits per heavy atom. The van der Waals surface area contributed by atoms with E-state index in [1.54, 1.807) is 18.4 Å². The van der Waals surface area contributed by atoms with Gasteiger partial charge in [0.1, 0.15) is 5.75 Å². The van der Waals surface area contributed by atoms with E-state index in [0.29, 0.717) is 11.0 Å². The normalized spacial score (nSPS) is 11.4. The van der Waals surface area contributed by atoms with Crippen molar-refractivity contribution >= 4 is 34.7 Å². The number of thioether (sulfide) groups is 1. The van der Waals surface area contributed by atoms with Gasteiger partial charge in [-0.3, -0.25) is 9.36 Å². The number of hydrazone groups is 1. The highest BCUT2D eigenvalue weighted by atomic mass is 32.2. The van der Waals surface area contributed by atoms with Crippen LogP contribution in [0.25, 0.3) is 17.1 Å². The molecule has 7 nitrogen and oxygen atoms in total. The van der Waals surface area contributed by atoms with Crippen LogP contribution >= 0.6 is 23.1 Å². The van der Waals surface area contributed by atoms with Crippen molar-refractivity contribution in [3.05, 3.63) is 76.5 Å². The van der Waals surface area contributed by atoms with Gasteiger partial charge in [-0.1, -0.05) is 47.7 Å². The number of carbonyl (C=O) groups is 1. The average molecular weight is 478 g/mol. The van der Waals surface area contributed by atoms with E-state index in [0.717, 1.165) is 27.6 Å². The molecule has 4 aromatic rings. The number of ether oxygens (including phenoxy) is 1. The number of aromatic nitrogens is 3. The van der Waals surface area contributed by atoms with Crippen LogP contribution in [0, 0.1) is 6.92 Å². The van der Waals surface area contributed by atoms with Crippen molar-refractivity contribution in [1.29, 1.82) is 0 Å². The van der Waals surface area contributed by atoms with E-state index in [1.165, 1.54) is 17.3 Å². The maximum atomic E-state index is 12.4. The van der Waals surface area contributed by atoms with Crippen LogP contribution < -0.4 is 10.2 Å². The van der Waals surface area contributed by atoms with Gasteiger partial charge in [-0.25, -0.2) is 5.43 Å². The lowest BCUT2D eigenvalue weighted by atomic mass is 10.1. The third-order valence-corrected chi connectivity index (χ3v) is 6.74. The zero-order chi connectivity index (χ0) is 23.2. The maximum absolute atomic E-state index is 12.4. The first-order valence-electron chi connectivity index (χ1n) is 10.2. The van der Waals surface area contributed by atoms with Crippen LogP contribution in [0.4, 0.5) is 0 Å². The highest BCUT2D eigenvalue weighted by Gasteiger charge is 2.17. The third kappa shape index (κ3) is 5.50. The van der Waals surface area contributed by atoms with Gasteiger partial charge < -0.3 is 4.74 Å². The van der Waals surface area contributed by atoms with Crippen LogP contribution in [0.2, 0.25) is 0 Å². The van der Waals surface area contributed by atoms with Gasteiger partial charge in [-0.05, 0) is 49.6 Å². The molecular weight excluding hydrogens is 454 g/mol. The summed E-state index contributed by atoms with van der Waals surface area (Å²) in [5, 5.41) is 15.6. The van der Waals surface area contributed by atoms with Crippen molar-refractivity contribution in [2.45, 2.75) is 19.0 Å². The molecule has 33 heavy (non-hydrogen) atoms. The first kappa shape index (κ1) is 22.8. The summed E-state index contributed by atoms with van der Waals surface area (Å²) in [6.45, 7) is 3.91. The Morgan fingerprint density at radius 1 is 1.12 bits per heavy atom. The van der Waals surface area contributed by atoms with Gasteiger partial charge in [-0.15, -0.1) is 21.5 Å². The van der Waals surface area contributed by atoms with Crippen molar-refractivity contribution in [3.8, 4) is 22.8 Å². The zero-order valence-electron chi connectivity index (χ0n) is 18.5. The lowest BCUT2D eigenvalue weighted by Crippen LogP contribution is -2.21. The zero-order valence-corrected chi connectivity index (χ0v) is 20.1. The predicted molar refractivity (Wildman–Crippen MR) is 133 cm³/mol. The van der Waals surface area contributed by atoms with Crippen LogP contribution in [0.1, 0.15) is 17.4 Å². The molecule has 0 bridgehead atoms. The molecular formula is C24H23N5O2S2. The van der Waals surface area contributed by atoms with E-state index in [4.69, 9.17) is 4.74 Å². The average Bonchev–Trinajstić information content (AvgIpc) is 3.52. The molecule has 0 aliphatic rings. The molecule has 0 saturated carbocycles. The van der Waals surface area contributed by atoms with E-state index in [1.807, 2.05) is 84.5 Å². The van der Waals surface area contributed by atoms with E-state index in [9.17, 15) is 4.79 Å².